The molecule has 0 spiro atoms. The first-order chi connectivity index (χ1) is 5.25. The summed E-state index contributed by atoms with van der Waals surface area (Å²) in [6.45, 7) is 7.45. The monoisotopic (exact) mass is 152 g/mol. The van der Waals surface area contributed by atoms with Crippen molar-refractivity contribution in [1.82, 2.24) is 5.43 Å². The molecule has 1 N–H and O–H groups in total. The van der Waals surface area contributed by atoms with Gasteiger partial charge in [-0.05, 0) is 17.9 Å². The number of rotatable bonds is 2. The van der Waals surface area contributed by atoms with Gasteiger partial charge in [-0.3, -0.25) is 0 Å². The number of hydrazone groups is 1. The molecule has 0 unspecified atom stereocenters. The van der Waals surface area contributed by atoms with Crippen molar-refractivity contribution < 1.29 is 0 Å². The normalized spacial score (nSPS) is 17.5. The fraction of sp³-hybridized carbons (Fsp3) is 0.667. The lowest BCUT2D eigenvalue weighted by Gasteiger charge is -2.17. The molecule has 0 aromatic rings. The molecule has 1 heterocycles. The minimum absolute atomic E-state index is 0.607. The highest BCUT2D eigenvalue weighted by atomic mass is 15.3. The SMILES string of the molecule is CCC1=NNCC=C1C(C)C. The first-order valence-electron chi connectivity index (χ1n) is 4.25. The van der Waals surface area contributed by atoms with Crippen LogP contribution in [-0.4, -0.2) is 12.3 Å². The van der Waals surface area contributed by atoms with Gasteiger partial charge < -0.3 is 5.43 Å². The predicted molar refractivity (Wildman–Crippen MR) is 48.6 cm³/mol. The highest BCUT2D eigenvalue weighted by molar-refractivity contribution is 6.00. The second-order valence-corrected chi connectivity index (χ2v) is 3.09. The Morgan fingerprint density at radius 2 is 2.36 bits per heavy atom. The molecule has 0 bridgehead atoms. The Labute approximate surface area is 68.4 Å². The van der Waals surface area contributed by atoms with Crippen molar-refractivity contribution in [2.45, 2.75) is 27.2 Å². The average Bonchev–Trinajstić information content (AvgIpc) is 2.04. The molecule has 2 heteroatoms. The van der Waals surface area contributed by atoms with E-state index in [1.165, 1.54) is 11.3 Å². The summed E-state index contributed by atoms with van der Waals surface area (Å²) >= 11 is 0. The number of allylic oxidation sites excluding steroid dienone is 1. The van der Waals surface area contributed by atoms with Gasteiger partial charge in [-0.2, -0.15) is 5.10 Å². The maximum Gasteiger partial charge on any atom is 0.0632 e. The van der Waals surface area contributed by atoms with Gasteiger partial charge in [0.05, 0.1) is 12.3 Å². The summed E-state index contributed by atoms with van der Waals surface area (Å²) in [6.07, 6.45) is 3.26. The third-order valence-electron chi connectivity index (χ3n) is 1.92. The lowest BCUT2D eigenvalue weighted by molar-refractivity contribution is 0.740. The smallest absolute Gasteiger partial charge is 0.0632 e. The Bertz CT molecular complexity index is 190. The molecule has 0 aromatic carbocycles. The Morgan fingerprint density at radius 3 is 2.82 bits per heavy atom. The van der Waals surface area contributed by atoms with Gasteiger partial charge in [0.15, 0.2) is 0 Å². The van der Waals surface area contributed by atoms with Crippen LogP contribution in [0.2, 0.25) is 0 Å². The summed E-state index contributed by atoms with van der Waals surface area (Å²) in [5.74, 6) is 0.607. The van der Waals surface area contributed by atoms with Crippen molar-refractivity contribution in [2.75, 3.05) is 6.54 Å². The Morgan fingerprint density at radius 1 is 1.64 bits per heavy atom. The number of hydrogen-bond donors (Lipinski definition) is 1. The van der Waals surface area contributed by atoms with Gasteiger partial charge in [0.25, 0.3) is 0 Å². The molecule has 0 amide bonds. The molecular formula is C9H16N2. The Balaban J connectivity index is 2.75. The number of nitrogens with zero attached hydrogens (tertiary/aromatic N) is 1. The van der Waals surface area contributed by atoms with Gasteiger partial charge >= 0.3 is 0 Å². The van der Waals surface area contributed by atoms with Gasteiger partial charge in [-0.15, -0.1) is 0 Å². The molecule has 0 radical (unpaired) electrons. The van der Waals surface area contributed by atoms with Crippen LogP contribution < -0.4 is 5.43 Å². The summed E-state index contributed by atoms with van der Waals surface area (Å²) in [5, 5.41) is 4.25. The van der Waals surface area contributed by atoms with E-state index < -0.39 is 0 Å². The van der Waals surface area contributed by atoms with Crippen molar-refractivity contribution in [3.8, 4) is 0 Å². The third-order valence-corrected chi connectivity index (χ3v) is 1.92. The summed E-state index contributed by atoms with van der Waals surface area (Å²) in [5.41, 5.74) is 5.60. The van der Waals surface area contributed by atoms with Crippen LogP contribution in [0.25, 0.3) is 0 Å². The van der Waals surface area contributed by atoms with Gasteiger partial charge in [0, 0.05) is 0 Å². The first kappa shape index (κ1) is 8.31. The van der Waals surface area contributed by atoms with Gasteiger partial charge in [-0.1, -0.05) is 26.8 Å². The maximum absolute atomic E-state index is 4.25. The van der Waals surface area contributed by atoms with E-state index in [-0.39, 0.29) is 0 Å². The largest absolute Gasteiger partial charge is 0.306 e. The molecule has 62 valence electrons. The fourth-order valence-corrected chi connectivity index (χ4v) is 1.33. The minimum Gasteiger partial charge on any atom is -0.306 e. The standard InChI is InChI=1S/C9H16N2/c1-4-9-8(7(2)3)5-6-10-11-9/h5,7,10H,4,6H2,1-3H3. The highest BCUT2D eigenvalue weighted by Crippen LogP contribution is 2.14. The molecule has 0 aliphatic carbocycles. The maximum atomic E-state index is 4.25. The summed E-state index contributed by atoms with van der Waals surface area (Å²) in [7, 11) is 0. The second-order valence-electron chi connectivity index (χ2n) is 3.09. The van der Waals surface area contributed by atoms with Crippen LogP contribution >= 0.6 is 0 Å². The van der Waals surface area contributed by atoms with Gasteiger partial charge in [0.2, 0.25) is 0 Å². The molecule has 0 saturated heterocycles. The van der Waals surface area contributed by atoms with E-state index in [0.717, 1.165) is 13.0 Å². The van der Waals surface area contributed by atoms with Gasteiger partial charge in [-0.25, -0.2) is 0 Å². The summed E-state index contributed by atoms with van der Waals surface area (Å²) in [4.78, 5) is 0. The zero-order valence-corrected chi connectivity index (χ0v) is 7.52. The molecule has 0 aromatic heterocycles. The van der Waals surface area contributed by atoms with Crippen LogP contribution in [0.15, 0.2) is 16.8 Å². The first-order valence-corrected chi connectivity index (χ1v) is 4.25. The number of hydrogen-bond acceptors (Lipinski definition) is 2. The van der Waals surface area contributed by atoms with E-state index in [4.69, 9.17) is 0 Å². The van der Waals surface area contributed by atoms with E-state index in [9.17, 15) is 0 Å². The molecule has 1 aliphatic rings. The zero-order valence-electron chi connectivity index (χ0n) is 7.52. The Hall–Kier alpha value is -0.790. The van der Waals surface area contributed by atoms with Crippen LogP contribution in [0.1, 0.15) is 27.2 Å². The van der Waals surface area contributed by atoms with Crippen LogP contribution in [-0.2, 0) is 0 Å². The van der Waals surface area contributed by atoms with E-state index >= 15 is 0 Å². The average molecular weight is 152 g/mol. The molecule has 0 atom stereocenters. The van der Waals surface area contributed by atoms with Crippen molar-refractivity contribution >= 4 is 5.71 Å². The van der Waals surface area contributed by atoms with E-state index in [1.807, 2.05) is 0 Å². The molecule has 11 heavy (non-hydrogen) atoms. The third kappa shape index (κ3) is 1.82. The minimum atomic E-state index is 0.607. The van der Waals surface area contributed by atoms with Crippen molar-refractivity contribution in [1.29, 1.82) is 0 Å². The van der Waals surface area contributed by atoms with Crippen molar-refractivity contribution in [3.05, 3.63) is 11.6 Å². The molecule has 0 fully saturated rings. The van der Waals surface area contributed by atoms with Crippen LogP contribution in [0.4, 0.5) is 0 Å². The van der Waals surface area contributed by atoms with Gasteiger partial charge in [0.1, 0.15) is 0 Å². The highest BCUT2D eigenvalue weighted by Gasteiger charge is 2.11. The van der Waals surface area contributed by atoms with Crippen LogP contribution in [0.3, 0.4) is 0 Å². The molecule has 2 nitrogen and oxygen atoms in total. The fourth-order valence-electron chi connectivity index (χ4n) is 1.33. The molecule has 0 saturated carbocycles. The lowest BCUT2D eigenvalue weighted by Crippen LogP contribution is -2.20. The van der Waals surface area contributed by atoms with Crippen LogP contribution in [0, 0.1) is 5.92 Å². The topological polar surface area (TPSA) is 24.4 Å². The predicted octanol–water partition coefficient (Wildman–Crippen LogP) is 1.94. The lowest BCUT2D eigenvalue weighted by atomic mass is 9.96. The Kier molecular flexibility index (Phi) is 2.69. The van der Waals surface area contributed by atoms with Crippen molar-refractivity contribution in [3.63, 3.8) is 0 Å². The summed E-state index contributed by atoms with van der Waals surface area (Å²) in [6, 6.07) is 0. The zero-order chi connectivity index (χ0) is 8.27. The molecule has 1 rings (SSSR count). The quantitative estimate of drug-likeness (QED) is 0.642. The van der Waals surface area contributed by atoms with E-state index in [1.54, 1.807) is 0 Å². The van der Waals surface area contributed by atoms with E-state index in [2.05, 4.69) is 37.4 Å². The summed E-state index contributed by atoms with van der Waals surface area (Å²) < 4.78 is 0. The van der Waals surface area contributed by atoms with Crippen molar-refractivity contribution in [2.24, 2.45) is 11.0 Å². The van der Waals surface area contributed by atoms with E-state index in [0.29, 0.717) is 5.92 Å². The number of nitrogens with one attached hydrogen (secondary N) is 1. The van der Waals surface area contributed by atoms with Crippen LogP contribution in [0.5, 0.6) is 0 Å². The molecule has 1 aliphatic heterocycles. The molecular weight excluding hydrogens is 136 g/mol. The second kappa shape index (κ2) is 3.56.